The number of carbonyl (C=O) groups excluding carboxylic acids is 1. The molecule has 0 saturated carbocycles. The van der Waals surface area contributed by atoms with E-state index in [1.165, 1.54) is 0 Å². The highest BCUT2D eigenvalue weighted by atomic mass is 32.1. The van der Waals surface area contributed by atoms with Gasteiger partial charge in [-0.25, -0.2) is 0 Å². The van der Waals surface area contributed by atoms with Crippen molar-refractivity contribution in [3.8, 4) is 0 Å². The van der Waals surface area contributed by atoms with Gasteiger partial charge in [0.1, 0.15) is 0 Å². The Hall–Kier alpha value is -0.240. The molecule has 0 aromatic rings. The quantitative estimate of drug-likeness (QED) is 0.426. The van der Waals surface area contributed by atoms with E-state index in [-0.39, 0.29) is 0 Å². The smallest absolute Gasteiger partial charge is 0.156 e. The summed E-state index contributed by atoms with van der Waals surface area (Å²) in [6.45, 7) is 2.08. The highest BCUT2D eigenvalue weighted by Crippen LogP contribution is 1.94. The molecule has 0 bridgehead atoms. The molecule has 0 aromatic carbocycles. The van der Waals surface area contributed by atoms with Crippen LogP contribution in [0.15, 0.2) is 0 Å². The van der Waals surface area contributed by atoms with Crippen LogP contribution in [-0.4, -0.2) is 11.2 Å². The van der Waals surface area contributed by atoms with Crippen molar-refractivity contribution in [3.05, 3.63) is 0 Å². The Morgan fingerprint density at radius 3 is 2.75 bits per heavy atom. The van der Waals surface area contributed by atoms with Crippen molar-refractivity contribution in [1.82, 2.24) is 0 Å². The van der Waals surface area contributed by atoms with Gasteiger partial charge in [-0.1, -0.05) is 25.6 Å². The third-order valence-electron chi connectivity index (χ3n) is 0.908. The fraction of sp³-hybridized carbons (Fsp3) is 0.667. The van der Waals surface area contributed by atoms with Crippen molar-refractivity contribution in [3.63, 3.8) is 0 Å². The van der Waals surface area contributed by atoms with Gasteiger partial charge in [0.15, 0.2) is 6.29 Å². The first kappa shape index (κ1) is 7.76. The van der Waals surface area contributed by atoms with Crippen LogP contribution in [0.2, 0.25) is 0 Å². The fourth-order valence-electron chi connectivity index (χ4n) is 0.410. The van der Waals surface area contributed by atoms with Crippen LogP contribution in [0.1, 0.15) is 26.2 Å². The van der Waals surface area contributed by atoms with Crippen LogP contribution in [-0.2, 0) is 4.79 Å². The van der Waals surface area contributed by atoms with Crippen LogP contribution >= 0.6 is 12.2 Å². The average Bonchev–Trinajstić information content (AvgIpc) is 1.83. The molecule has 0 aliphatic heterocycles. The molecule has 0 aromatic heterocycles. The van der Waals surface area contributed by atoms with Crippen LogP contribution in [0.5, 0.6) is 0 Å². The zero-order valence-corrected chi connectivity index (χ0v) is 5.83. The van der Waals surface area contributed by atoms with E-state index in [1.54, 1.807) is 0 Å². The summed E-state index contributed by atoms with van der Waals surface area (Å²) in [5.41, 5.74) is 0. The molecule has 0 aliphatic rings. The monoisotopic (exact) mass is 130 g/mol. The molecule has 8 heavy (non-hydrogen) atoms. The van der Waals surface area contributed by atoms with Crippen LogP contribution in [0.25, 0.3) is 0 Å². The molecule has 0 aliphatic carbocycles. The highest BCUT2D eigenvalue weighted by Gasteiger charge is 1.89. The summed E-state index contributed by atoms with van der Waals surface area (Å²) in [6, 6.07) is 0. The number of thiocarbonyl (C=S) groups is 1. The zero-order valence-electron chi connectivity index (χ0n) is 5.02. The number of rotatable bonds is 4. The van der Waals surface area contributed by atoms with Gasteiger partial charge in [0, 0.05) is 0 Å². The van der Waals surface area contributed by atoms with E-state index in [2.05, 4.69) is 19.1 Å². The van der Waals surface area contributed by atoms with Crippen LogP contribution in [0.4, 0.5) is 0 Å². The summed E-state index contributed by atoms with van der Waals surface area (Å²) in [5, 5.41) is 0. The molecule has 0 atom stereocenters. The van der Waals surface area contributed by atoms with E-state index >= 15 is 0 Å². The number of unbranched alkanes of at least 4 members (excludes halogenated alkanes) is 1. The summed E-state index contributed by atoms with van der Waals surface area (Å²) in [6.07, 6.45) is 3.69. The Bertz CT molecular complexity index is 88.5. The van der Waals surface area contributed by atoms with Crippen LogP contribution < -0.4 is 0 Å². The summed E-state index contributed by atoms with van der Waals surface area (Å²) < 4.78 is 0. The molecule has 46 valence electrons. The van der Waals surface area contributed by atoms with Crippen molar-refractivity contribution in [2.24, 2.45) is 0 Å². The topological polar surface area (TPSA) is 17.1 Å². The molecule has 0 spiro atoms. The highest BCUT2D eigenvalue weighted by molar-refractivity contribution is 7.81. The van der Waals surface area contributed by atoms with Gasteiger partial charge in [0.05, 0.1) is 4.86 Å². The molecule has 0 unspecified atom stereocenters. The second kappa shape index (κ2) is 4.91. The first-order chi connectivity index (χ1) is 3.81. The van der Waals surface area contributed by atoms with E-state index in [1.807, 2.05) is 0 Å². The molecule has 0 fully saturated rings. The first-order valence-corrected chi connectivity index (χ1v) is 3.20. The normalized spacial score (nSPS) is 8.62. The zero-order chi connectivity index (χ0) is 6.41. The van der Waals surface area contributed by atoms with E-state index in [0.717, 1.165) is 25.5 Å². The van der Waals surface area contributed by atoms with Gasteiger partial charge in [0.2, 0.25) is 0 Å². The van der Waals surface area contributed by atoms with Gasteiger partial charge in [-0.05, 0) is 12.8 Å². The lowest BCUT2D eigenvalue weighted by molar-refractivity contribution is -0.102. The Balaban J connectivity index is 3.11. The predicted octanol–water partition coefficient (Wildman–Crippen LogP) is 1.75. The minimum atomic E-state index is 0.548. The predicted molar refractivity (Wildman–Crippen MR) is 38.2 cm³/mol. The average molecular weight is 130 g/mol. The summed E-state index contributed by atoms with van der Waals surface area (Å²) in [5.74, 6) is 0. The van der Waals surface area contributed by atoms with Gasteiger partial charge >= 0.3 is 0 Å². The molecule has 0 amide bonds. The third-order valence-corrected chi connectivity index (χ3v) is 1.21. The Labute approximate surface area is 55.1 Å². The van der Waals surface area contributed by atoms with Crippen molar-refractivity contribution in [1.29, 1.82) is 0 Å². The van der Waals surface area contributed by atoms with Gasteiger partial charge < -0.3 is 0 Å². The van der Waals surface area contributed by atoms with E-state index in [9.17, 15) is 4.79 Å². The molecule has 0 saturated heterocycles. The minimum Gasteiger partial charge on any atom is -0.297 e. The first-order valence-electron chi connectivity index (χ1n) is 2.79. The maximum atomic E-state index is 9.87. The third kappa shape index (κ3) is 3.93. The second-order valence-electron chi connectivity index (χ2n) is 1.69. The molecule has 2 heteroatoms. The van der Waals surface area contributed by atoms with Crippen molar-refractivity contribution in [2.45, 2.75) is 26.2 Å². The maximum absolute atomic E-state index is 9.87. The summed E-state index contributed by atoms with van der Waals surface area (Å²) in [7, 11) is 0. The number of aldehydes is 1. The lowest BCUT2D eigenvalue weighted by Gasteiger charge is -1.88. The SMILES string of the molecule is CCCCC(=S)C=O. The van der Waals surface area contributed by atoms with E-state index in [4.69, 9.17) is 0 Å². The van der Waals surface area contributed by atoms with Gasteiger partial charge in [0.25, 0.3) is 0 Å². The molecular weight excluding hydrogens is 120 g/mol. The molecule has 0 rings (SSSR count). The number of hydrogen-bond acceptors (Lipinski definition) is 2. The van der Waals surface area contributed by atoms with Crippen LogP contribution in [0.3, 0.4) is 0 Å². The summed E-state index contributed by atoms with van der Waals surface area (Å²) >= 11 is 4.65. The van der Waals surface area contributed by atoms with Gasteiger partial charge in [-0.3, -0.25) is 4.79 Å². The largest absolute Gasteiger partial charge is 0.297 e. The van der Waals surface area contributed by atoms with Crippen molar-refractivity contribution >= 4 is 23.4 Å². The molecule has 0 radical (unpaired) electrons. The molecule has 0 N–H and O–H groups in total. The lowest BCUT2D eigenvalue weighted by atomic mass is 10.2. The molecular formula is C6H10OS. The number of carbonyl (C=O) groups is 1. The Morgan fingerprint density at radius 1 is 1.75 bits per heavy atom. The standard InChI is InChI=1S/C6H10OS/c1-2-3-4-6(8)5-7/h5H,2-4H2,1H3. The maximum Gasteiger partial charge on any atom is 0.156 e. The molecule has 1 nitrogen and oxygen atoms in total. The molecule has 0 heterocycles. The summed E-state index contributed by atoms with van der Waals surface area (Å²) in [4.78, 5) is 10.4. The van der Waals surface area contributed by atoms with Crippen molar-refractivity contribution in [2.75, 3.05) is 0 Å². The Kier molecular flexibility index (Phi) is 4.76. The Morgan fingerprint density at radius 2 is 2.38 bits per heavy atom. The number of hydrogen-bond donors (Lipinski definition) is 0. The lowest BCUT2D eigenvalue weighted by Crippen LogP contribution is -1.93. The van der Waals surface area contributed by atoms with E-state index in [0.29, 0.717) is 4.86 Å². The van der Waals surface area contributed by atoms with Crippen LogP contribution in [0, 0.1) is 0 Å². The fourth-order valence-corrected chi connectivity index (χ4v) is 0.554. The minimum absolute atomic E-state index is 0.548. The van der Waals surface area contributed by atoms with Crippen molar-refractivity contribution < 1.29 is 4.79 Å². The second-order valence-corrected chi connectivity index (χ2v) is 2.21. The van der Waals surface area contributed by atoms with Gasteiger partial charge in [-0.2, -0.15) is 0 Å². The van der Waals surface area contributed by atoms with E-state index < -0.39 is 0 Å². The van der Waals surface area contributed by atoms with Gasteiger partial charge in [-0.15, -0.1) is 0 Å².